The van der Waals surface area contributed by atoms with Crippen molar-refractivity contribution in [3.05, 3.63) is 11.6 Å². The number of hydrogen-bond acceptors (Lipinski definition) is 15. The van der Waals surface area contributed by atoms with Gasteiger partial charge in [-0.15, -0.1) is 0 Å². The van der Waals surface area contributed by atoms with Gasteiger partial charge in [-0.2, -0.15) is 0 Å². The van der Waals surface area contributed by atoms with Crippen molar-refractivity contribution >= 4 is 5.97 Å². The van der Waals surface area contributed by atoms with Crippen molar-refractivity contribution in [1.29, 1.82) is 0 Å². The Labute approximate surface area is 364 Å². The van der Waals surface area contributed by atoms with E-state index in [1.165, 1.54) is 12.5 Å². The van der Waals surface area contributed by atoms with E-state index in [1.807, 2.05) is 6.92 Å². The average Bonchev–Trinajstić information content (AvgIpc) is 3.49. The van der Waals surface area contributed by atoms with Gasteiger partial charge in [0.1, 0.15) is 54.9 Å². The summed E-state index contributed by atoms with van der Waals surface area (Å²) >= 11 is 0. The number of carbonyl (C=O) groups is 1. The summed E-state index contributed by atoms with van der Waals surface area (Å²) in [5.41, 5.74) is -0.636. The zero-order valence-corrected chi connectivity index (χ0v) is 37.5. The van der Waals surface area contributed by atoms with Gasteiger partial charge in [-0.1, -0.05) is 53.2 Å². The number of aliphatic hydroxyl groups is 8. The molecule has 62 heavy (non-hydrogen) atoms. The van der Waals surface area contributed by atoms with Gasteiger partial charge in [-0.3, -0.25) is 4.79 Å². The van der Waals surface area contributed by atoms with Crippen molar-refractivity contribution in [2.75, 3.05) is 19.8 Å². The Balaban J connectivity index is 1.08. The van der Waals surface area contributed by atoms with Crippen LogP contribution in [0.4, 0.5) is 0 Å². The maximum Gasteiger partial charge on any atom is 0.310 e. The molecule has 16 nitrogen and oxygen atoms in total. The summed E-state index contributed by atoms with van der Waals surface area (Å²) in [5.74, 6) is -0.403. The van der Waals surface area contributed by atoms with Crippen molar-refractivity contribution in [1.82, 2.24) is 0 Å². The monoisotopic (exact) mass is 882 g/mol. The highest BCUT2D eigenvalue weighted by Gasteiger charge is 2.70. The smallest absolute Gasteiger partial charge is 0.310 e. The number of rotatable bonds is 9. The Morgan fingerprint density at radius 2 is 1.40 bits per heavy atom. The molecule has 7 fully saturated rings. The van der Waals surface area contributed by atoms with Gasteiger partial charge >= 0.3 is 5.97 Å². The van der Waals surface area contributed by atoms with Crippen LogP contribution in [0.5, 0.6) is 0 Å². The molecule has 0 aromatic rings. The van der Waals surface area contributed by atoms with Crippen LogP contribution in [-0.2, 0) is 33.2 Å². The largest absolute Gasteiger partial charge is 0.481 e. The number of carboxylic acid groups (broad SMARTS) is 1. The van der Waals surface area contributed by atoms with Crippen LogP contribution in [0.15, 0.2) is 11.6 Å². The molecule has 16 heteroatoms. The highest BCUT2D eigenvalue weighted by atomic mass is 16.8. The van der Waals surface area contributed by atoms with E-state index in [0.717, 1.165) is 44.9 Å². The summed E-state index contributed by atoms with van der Waals surface area (Å²) in [6.45, 7) is 14.2. The van der Waals surface area contributed by atoms with E-state index in [-0.39, 0.29) is 52.6 Å². The number of ether oxygens (including phenoxy) is 6. The lowest BCUT2D eigenvalue weighted by Crippen LogP contribution is -2.67. The van der Waals surface area contributed by atoms with Crippen LogP contribution < -0.4 is 0 Å². The van der Waals surface area contributed by atoms with Crippen LogP contribution in [0.1, 0.15) is 113 Å². The third-order valence-electron chi connectivity index (χ3n) is 18.7. The summed E-state index contributed by atoms with van der Waals surface area (Å²) in [7, 11) is 0. The predicted octanol–water partition coefficient (Wildman–Crippen LogP) is 1.98. The van der Waals surface area contributed by atoms with Crippen molar-refractivity contribution in [3.63, 3.8) is 0 Å². The Kier molecular flexibility index (Phi) is 12.5. The molecule has 0 amide bonds. The molecule has 22 atom stereocenters. The molecule has 0 aromatic heterocycles. The van der Waals surface area contributed by atoms with Gasteiger partial charge in [-0.05, 0) is 111 Å². The number of fused-ring (bicyclic) bond motifs is 7. The molecular formula is C46H74O16. The van der Waals surface area contributed by atoms with Gasteiger partial charge in [0.25, 0.3) is 0 Å². The van der Waals surface area contributed by atoms with Crippen molar-refractivity contribution in [2.45, 2.75) is 199 Å². The SMILES string of the molecule is C[C@@H]1O[C@@H](O[C@H]2[C@H](O[C@H]3CC[C@@]4(C)[C@@H](CC[C@]5(C)[C@@H]4CC=C4[C@@H]6CC(C)(C)CC[C@]6(C(=O)O)CC[C@]45C)[C@]3(C)CO)OC[C@@H](O)[C@@H]2O[C@@H]2O[C@@H](CO)[C@H](O)[C@H]2O)[C@H](O)[C@H](O)[C@H]1O. The molecule has 0 bridgehead atoms. The highest BCUT2D eigenvalue weighted by molar-refractivity contribution is 5.76. The van der Waals surface area contributed by atoms with Gasteiger partial charge in [0.2, 0.25) is 0 Å². The van der Waals surface area contributed by atoms with E-state index in [2.05, 4.69) is 40.7 Å². The molecule has 8 rings (SSSR count). The third kappa shape index (κ3) is 7.10. The summed E-state index contributed by atoms with van der Waals surface area (Å²) in [6.07, 6.45) is -8.93. The Morgan fingerprint density at radius 3 is 2.06 bits per heavy atom. The first-order chi connectivity index (χ1) is 29.0. The van der Waals surface area contributed by atoms with E-state index in [9.17, 15) is 50.8 Å². The minimum absolute atomic E-state index is 0.00374. The number of aliphatic hydroxyl groups excluding tert-OH is 8. The minimum Gasteiger partial charge on any atom is -0.481 e. The van der Waals surface area contributed by atoms with Crippen LogP contribution in [-0.4, -0.2) is 158 Å². The topological polar surface area (TPSA) is 255 Å². The second-order valence-corrected chi connectivity index (χ2v) is 22.4. The van der Waals surface area contributed by atoms with Crippen molar-refractivity contribution in [3.8, 4) is 0 Å². The van der Waals surface area contributed by atoms with Crippen LogP contribution >= 0.6 is 0 Å². The fraction of sp³-hybridized carbons (Fsp3) is 0.935. The molecule has 3 heterocycles. The zero-order valence-electron chi connectivity index (χ0n) is 37.5. The van der Waals surface area contributed by atoms with Crippen molar-refractivity contribution in [2.24, 2.45) is 50.2 Å². The second-order valence-electron chi connectivity index (χ2n) is 22.4. The minimum atomic E-state index is -1.73. The van der Waals surface area contributed by atoms with Gasteiger partial charge < -0.3 is 74.4 Å². The molecule has 3 saturated heterocycles. The van der Waals surface area contributed by atoms with Gasteiger partial charge in [0.05, 0.1) is 37.4 Å². The van der Waals surface area contributed by atoms with E-state index >= 15 is 0 Å². The lowest BCUT2D eigenvalue weighted by atomic mass is 9.33. The first-order valence-electron chi connectivity index (χ1n) is 23.1. The van der Waals surface area contributed by atoms with Crippen LogP contribution in [0.2, 0.25) is 0 Å². The molecule has 0 spiro atoms. The molecule has 354 valence electrons. The van der Waals surface area contributed by atoms with Gasteiger partial charge in [0.15, 0.2) is 18.9 Å². The van der Waals surface area contributed by atoms with Crippen LogP contribution in [0.3, 0.4) is 0 Å². The Bertz CT molecular complexity index is 1690. The molecule has 0 aromatic carbocycles. The van der Waals surface area contributed by atoms with E-state index in [0.29, 0.717) is 19.3 Å². The standard InChI is InChI=1S/C46H74O16/c1-22-30(50)32(52)34(54)37(58-22)62-36-35(61-38-33(53)31(51)26(19-47)59-38)25(49)20-57-39(36)60-29-11-12-42(4)27(43(29,5)21-48)10-13-45(7)28(42)9-8-23-24-18-41(2,3)14-16-46(24,40(55)56)17-15-44(23,45)6/h8,22,24-39,47-54H,9-21H2,1-7H3,(H,55,56)/t22-,24-,25+,26-,27+,28+,29-,30-,31-,32+,33+,34+,35-,36+,37-,38-,39-,42-,43-,44+,45+,46-/m0/s1. The molecule has 5 aliphatic carbocycles. The van der Waals surface area contributed by atoms with Crippen LogP contribution in [0.25, 0.3) is 0 Å². The summed E-state index contributed by atoms with van der Waals surface area (Å²) < 4.78 is 36.9. The number of carboxylic acids is 1. The quantitative estimate of drug-likeness (QED) is 0.119. The number of hydrogen-bond donors (Lipinski definition) is 9. The lowest BCUT2D eigenvalue weighted by Gasteiger charge is -2.71. The first-order valence-corrected chi connectivity index (χ1v) is 23.1. The van der Waals surface area contributed by atoms with Gasteiger partial charge in [-0.25, -0.2) is 0 Å². The second kappa shape index (κ2) is 16.5. The Morgan fingerprint density at radius 1 is 0.742 bits per heavy atom. The third-order valence-corrected chi connectivity index (χ3v) is 18.7. The fourth-order valence-corrected chi connectivity index (χ4v) is 14.6. The maximum absolute atomic E-state index is 13.1. The summed E-state index contributed by atoms with van der Waals surface area (Å²) in [6, 6.07) is 0. The average molecular weight is 883 g/mol. The fourth-order valence-electron chi connectivity index (χ4n) is 14.6. The van der Waals surface area contributed by atoms with E-state index in [4.69, 9.17) is 28.4 Å². The van der Waals surface area contributed by atoms with E-state index < -0.39 is 109 Å². The number of allylic oxidation sites excluding steroid dienone is 2. The summed E-state index contributed by atoms with van der Waals surface area (Å²) in [5, 5.41) is 96.7. The Hall–Kier alpha value is -1.35. The maximum atomic E-state index is 13.1. The zero-order chi connectivity index (χ0) is 45.1. The molecular weight excluding hydrogens is 808 g/mol. The molecule has 3 aliphatic heterocycles. The normalized spacial score (nSPS) is 55.0. The summed E-state index contributed by atoms with van der Waals surface area (Å²) in [4.78, 5) is 13.1. The molecule has 9 N–H and O–H groups in total. The number of aliphatic carboxylic acids is 1. The predicted molar refractivity (Wildman–Crippen MR) is 219 cm³/mol. The molecule has 8 aliphatic rings. The van der Waals surface area contributed by atoms with Crippen LogP contribution in [0, 0.1) is 50.2 Å². The molecule has 4 saturated carbocycles. The van der Waals surface area contributed by atoms with Gasteiger partial charge in [0, 0.05) is 5.41 Å². The van der Waals surface area contributed by atoms with E-state index in [1.54, 1.807) is 0 Å². The first kappa shape index (κ1) is 47.2. The van der Waals surface area contributed by atoms with Crippen molar-refractivity contribution < 1.29 is 79.2 Å². The molecule has 0 unspecified atom stereocenters. The lowest BCUT2D eigenvalue weighted by molar-refractivity contribution is -0.378. The highest BCUT2D eigenvalue weighted by Crippen LogP contribution is 2.76. The molecule has 0 radical (unpaired) electrons.